The van der Waals surface area contributed by atoms with Crippen molar-refractivity contribution in [3.63, 3.8) is 0 Å². The molecule has 116 valence electrons. The summed E-state index contributed by atoms with van der Waals surface area (Å²) in [5, 5.41) is 11.7. The summed E-state index contributed by atoms with van der Waals surface area (Å²) in [6, 6.07) is 3.84. The summed E-state index contributed by atoms with van der Waals surface area (Å²) in [7, 11) is 0. The van der Waals surface area contributed by atoms with Gasteiger partial charge in [0.1, 0.15) is 5.82 Å². The van der Waals surface area contributed by atoms with Crippen LogP contribution in [0.5, 0.6) is 0 Å². The van der Waals surface area contributed by atoms with Gasteiger partial charge >= 0.3 is 5.97 Å². The maximum Gasteiger partial charge on any atom is 0.308 e. The van der Waals surface area contributed by atoms with E-state index in [9.17, 15) is 19.1 Å². The molecule has 6 heteroatoms. The van der Waals surface area contributed by atoms with Crippen LogP contribution in [0.4, 0.5) is 4.39 Å². The zero-order valence-corrected chi connectivity index (χ0v) is 13.8. The first-order valence-electron chi connectivity index (χ1n) is 6.55. The molecule has 1 rings (SSSR count). The second-order valence-corrected chi connectivity index (χ2v) is 7.08. The fourth-order valence-electron chi connectivity index (χ4n) is 1.99. The Morgan fingerprint density at radius 2 is 1.95 bits per heavy atom. The van der Waals surface area contributed by atoms with Crippen molar-refractivity contribution in [1.82, 2.24) is 5.32 Å². The minimum Gasteiger partial charge on any atom is -0.481 e. The van der Waals surface area contributed by atoms with Crippen LogP contribution < -0.4 is 5.32 Å². The highest BCUT2D eigenvalue weighted by molar-refractivity contribution is 9.10. The van der Waals surface area contributed by atoms with Crippen LogP contribution in [0, 0.1) is 17.2 Å². The van der Waals surface area contributed by atoms with Crippen molar-refractivity contribution in [2.75, 3.05) is 6.54 Å². The third-order valence-corrected chi connectivity index (χ3v) is 3.30. The SMILES string of the molecule is CC(C)(C)CC(CNC(=O)c1cc(F)cc(Br)c1)C(=O)O. The zero-order valence-electron chi connectivity index (χ0n) is 12.2. The standard InChI is InChI=1S/C15H19BrFNO3/c1-15(2,3)7-10(14(20)21)8-18-13(19)9-4-11(16)6-12(17)5-9/h4-6,10H,7-8H2,1-3H3,(H,18,19)(H,20,21). The van der Waals surface area contributed by atoms with E-state index in [0.717, 1.165) is 6.07 Å². The molecule has 0 spiro atoms. The molecule has 0 fully saturated rings. The summed E-state index contributed by atoms with van der Waals surface area (Å²) in [5.41, 5.74) is -0.00266. The highest BCUT2D eigenvalue weighted by Crippen LogP contribution is 2.24. The van der Waals surface area contributed by atoms with Gasteiger partial charge in [0.2, 0.25) is 0 Å². The number of hydrogen-bond acceptors (Lipinski definition) is 2. The van der Waals surface area contributed by atoms with Gasteiger partial charge in [-0.15, -0.1) is 0 Å². The highest BCUT2D eigenvalue weighted by Gasteiger charge is 2.25. The maximum atomic E-state index is 13.2. The smallest absolute Gasteiger partial charge is 0.308 e. The Hall–Kier alpha value is -1.43. The average Bonchev–Trinajstić information content (AvgIpc) is 2.31. The van der Waals surface area contributed by atoms with Crippen LogP contribution in [0.25, 0.3) is 0 Å². The molecule has 2 N–H and O–H groups in total. The molecule has 0 aliphatic rings. The van der Waals surface area contributed by atoms with Crippen LogP contribution >= 0.6 is 15.9 Å². The van der Waals surface area contributed by atoms with E-state index in [1.807, 2.05) is 20.8 Å². The number of carbonyl (C=O) groups excluding carboxylic acids is 1. The average molecular weight is 360 g/mol. The summed E-state index contributed by atoms with van der Waals surface area (Å²) >= 11 is 3.11. The second-order valence-electron chi connectivity index (χ2n) is 6.17. The molecule has 0 saturated carbocycles. The molecule has 0 aliphatic carbocycles. The Morgan fingerprint density at radius 1 is 1.33 bits per heavy atom. The van der Waals surface area contributed by atoms with E-state index in [1.54, 1.807) is 0 Å². The van der Waals surface area contributed by atoms with Crippen molar-refractivity contribution in [2.45, 2.75) is 27.2 Å². The lowest BCUT2D eigenvalue weighted by atomic mass is 9.84. The third kappa shape index (κ3) is 6.25. The number of carboxylic acid groups (broad SMARTS) is 1. The second kappa shape index (κ2) is 7.02. The van der Waals surface area contributed by atoms with Crippen molar-refractivity contribution >= 4 is 27.8 Å². The Morgan fingerprint density at radius 3 is 2.43 bits per heavy atom. The molecular formula is C15H19BrFNO3. The lowest BCUT2D eigenvalue weighted by Crippen LogP contribution is -2.35. The molecule has 0 heterocycles. The number of carboxylic acids is 1. The van der Waals surface area contributed by atoms with Gasteiger partial charge in [-0.3, -0.25) is 9.59 Å². The lowest BCUT2D eigenvalue weighted by molar-refractivity contribution is -0.142. The Balaban J connectivity index is 2.71. The van der Waals surface area contributed by atoms with Crippen molar-refractivity contribution < 1.29 is 19.1 Å². The summed E-state index contributed by atoms with van der Waals surface area (Å²) in [5.74, 6) is -2.65. The van der Waals surface area contributed by atoms with Gasteiger partial charge in [0.25, 0.3) is 5.91 Å². The summed E-state index contributed by atoms with van der Waals surface area (Å²) in [4.78, 5) is 23.2. The Bertz CT molecular complexity index is 520. The van der Waals surface area contributed by atoms with Crippen LogP contribution in [-0.2, 0) is 4.79 Å². The minimum atomic E-state index is -0.953. The largest absolute Gasteiger partial charge is 0.481 e. The molecular weight excluding hydrogens is 341 g/mol. The van der Waals surface area contributed by atoms with Gasteiger partial charge < -0.3 is 10.4 Å². The number of amides is 1. The van der Waals surface area contributed by atoms with E-state index in [1.165, 1.54) is 12.1 Å². The third-order valence-electron chi connectivity index (χ3n) is 2.84. The Labute approximate surface area is 131 Å². The van der Waals surface area contributed by atoms with Crippen LogP contribution in [0.2, 0.25) is 0 Å². The van der Waals surface area contributed by atoms with Gasteiger partial charge in [0.05, 0.1) is 5.92 Å². The van der Waals surface area contributed by atoms with Crippen molar-refractivity contribution in [3.05, 3.63) is 34.1 Å². The molecule has 0 radical (unpaired) electrons. The molecule has 1 unspecified atom stereocenters. The molecule has 1 aromatic carbocycles. The lowest BCUT2D eigenvalue weighted by Gasteiger charge is -2.23. The fourth-order valence-corrected chi connectivity index (χ4v) is 2.45. The maximum absolute atomic E-state index is 13.2. The number of benzene rings is 1. The first kappa shape index (κ1) is 17.6. The van der Waals surface area contributed by atoms with Crippen LogP contribution in [0.1, 0.15) is 37.6 Å². The summed E-state index contributed by atoms with van der Waals surface area (Å²) in [6.45, 7) is 5.83. The molecule has 0 saturated heterocycles. The number of carbonyl (C=O) groups is 2. The first-order chi connectivity index (χ1) is 9.58. The van der Waals surface area contributed by atoms with Crippen molar-refractivity contribution in [3.8, 4) is 0 Å². The van der Waals surface area contributed by atoms with Gasteiger partial charge in [0, 0.05) is 16.6 Å². The van der Waals surface area contributed by atoms with Crippen LogP contribution in [0.15, 0.2) is 22.7 Å². The molecule has 21 heavy (non-hydrogen) atoms. The molecule has 1 amide bonds. The number of hydrogen-bond donors (Lipinski definition) is 2. The van der Waals surface area contributed by atoms with Crippen molar-refractivity contribution in [1.29, 1.82) is 0 Å². The highest BCUT2D eigenvalue weighted by atomic mass is 79.9. The topological polar surface area (TPSA) is 66.4 Å². The summed E-state index contributed by atoms with van der Waals surface area (Å²) in [6.07, 6.45) is 0.440. The molecule has 4 nitrogen and oxygen atoms in total. The summed E-state index contributed by atoms with van der Waals surface area (Å²) < 4.78 is 13.7. The minimum absolute atomic E-state index is 0.0135. The van der Waals surface area contributed by atoms with Gasteiger partial charge in [0.15, 0.2) is 0 Å². The normalized spacial score (nSPS) is 12.8. The van der Waals surface area contributed by atoms with E-state index in [0.29, 0.717) is 10.9 Å². The van der Waals surface area contributed by atoms with E-state index in [2.05, 4.69) is 21.2 Å². The molecule has 1 aromatic rings. The molecule has 1 atom stereocenters. The molecule has 0 aliphatic heterocycles. The number of halogens is 2. The predicted molar refractivity (Wildman–Crippen MR) is 81.6 cm³/mol. The zero-order chi connectivity index (χ0) is 16.2. The number of nitrogens with one attached hydrogen (secondary N) is 1. The fraction of sp³-hybridized carbons (Fsp3) is 0.467. The van der Waals surface area contributed by atoms with Crippen LogP contribution in [0.3, 0.4) is 0 Å². The van der Waals surface area contributed by atoms with Crippen molar-refractivity contribution in [2.24, 2.45) is 11.3 Å². The van der Waals surface area contributed by atoms with E-state index < -0.39 is 23.6 Å². The van der Waals surface area contributed by atoms with E-state index in [4.69, 9.17) is 0 Å². The molecule has 0 bridgehead atoms. The van der Waals surface area contributed by atoms with Gasteiger partial charge in [-0.25, -0.2) is 4.39 Å². The predicted octanol–water partition coefficient (Wildman–Crippen LogP) is 3.46. The van der Waals surface area contributed by atoms with E-state index in [-0.39, 0.29) is 17.5 Å². The quantitative estimate of drug-likeness (QED) is 0.845. The Kier molecular flexibility index (Phi) is 5.89. The number of aliphatic carboxylic acids is 1. The monoisotopic (exact) mass is 359 g/mol. The molecule has 0 aromatic heterocycles. The van der Waals surface area contributed by atoms with E-state index >= 15 is 0 Å². The first-order valence-corrected chi connectivity index (χ1v) is 7.35. The number of rotatable bonds is 5. The van der Waals surface area contributed by atoms with Crippen LogP contribution in [-0.4, -0.2) is 23.5 Å². The van der Waals surface area contributed by atoms with Gasteiger partial charge in [-0.05, 0) is 30.0 Å². The van der Waals surface area contributed by atoms with Gasteiger partial charge in [-0.2, -0.15) is 0 Å². The van der Waals surface area contributed by atoms with Gasteiger partial charge in [-0.1, -0.05) is 36.7 Å².